The lowest BCUT2D eigenvalue weighted by atomic mass is 9.95. The van der Waals surface area contributed by atoms with Crippen LogP contribution in [0.1, 0.15) is 74.1 Å². The van der Waals surface area contributed by atoms with E-state index in [4.69, 9.17) is 28.2 Å². The molecule has 0 radical (unpaired) electrons. The molecule has 0 aliphatic heterocycles. The number of hydrogen-bond acceptors (Lipinski definition) is 3. The fraction of sp³-hybridized carbons (Fsp3) is 0.458. The number of benzene rings is 1. The number of carbonyl (C=O) groups excluding carboxylic acids is 1. The van der Waals surface area contributed by atoms with Gasteiger partial charge in [-0.2, -0.15) is 0 Å². The molecule has 0 saturated carbocycles. The Labute approximate surface area is 188 Å². The van der Waals surface area contributed by atoms with Crippen molar-refractivity contribution in [2.75, 3.05) is 0 Å². The van der Waals surface area contributed by atoms with E-state index >= 15 is 0 Å². The number of nitrogens with zero attached hydrogens (tertiary/aromatic N) is 3. The second kappa shape index (κ2) is 10.4. The van der Waals surface area contributed by atoms with E-state index in [1.54, 1.807) is 6.20 Å². The molecule has 0 spiro atoms. The maximum Gasteiger partial charge on any atom is 0.164 e. The van der Waals surface area contributed by atoms with Crippen LogP contribution in [0.15, 0.2) is 30.5 Å². The highest BCUT2D eigenvalue weighted by molar-refractivity contribution is 6.36. The number of rotatable bonds is 10. The van der Waals surface area contributed by atoms with Gasteiger partial charge in [-0.05, 0) is 29.7 Å². The molecule has 1 atom stereocenters. The van der Waals surface area contributed by atoms with Crippen molar-refractivity contribution in [2.45, 2.75) is 58.8 Å². The molecule has 0 amide bonds. The molecule has 0 N–H and O–H groups in total. The summed E-state index contributed by atoms with van der Waals surface area (Å²) in [7, 11) is 1.92. The van der Waals surface area contributed by atoms with Crippen LogP contribution in [0.3, 0.4) is 0 Å². The minimum atomic E-state index is 0.133. The highest BCUT2D eigenvalue weighted by atomic mass is 35.5. The zero-order valence-electron chi connectivity index (χ0n) is 17.9. The average Bonchev–Trinajstić information content (AvgIpc) is 3.03. The third-order valence-electron chi connectivity index (χ3n) is 5.60. The van der Waals surface area contributed by atoms with E-state index < -0.39 is 0 Å². The van der Waals surface area contributed by atoms with Gasteiger partial charge >= 0.3 is 0 Å². The van der Waals surface area contributed by atoms with Gasteiger partial charge in [-0.3, -0.25) is 4.79 Å². The normalized spacial score (nSPS) is 12.4. The number of hydrogen-bond donors (Lipinski definition) is 0. The van der Waals surface area contributed by atoms with Crippen molar-refractivity contribution in [1.29, 1.82) is 0 Å². The molecule has 6 heteroatoms. The van der Waals surface area contributed by atoms with Crippen molar-refractivity contribution in [2.24, 2.45) is 13.0 Å². The second-order valence-corrected chi connectivity index (χ2v) is 8.93. The van der Waals surface area contributed by atoms with Crippen LogP contribution in [-0.2, 0) is 13.5 Å². The molecule has 3 aromatic rings. The minimum absolute atomic E-state index is 0.133. The number of halogens is 2. The summed E-state index contributed by atoms with van der Waals surface area (Å²) in [6, 6.07) is 7.33. The number of unbranched alkanes of at least 4 members (excludes halogenated alkanes) is 3. The van der Waals surface area contributed by atoms with E-state index in [2.05, 4.69) is 18.8 Å². The summed E-state index contributed by atoms with van der Waals surface area (Å²) in [6.45, 7) is 4.37. The smallest absolute Gasteiger partial charge is 0.164 e. The summed E-state index contributed by atoms with van der Waals surface area (Å²) in [5, 5.41) is 1.23. The van der Waals surface area contributed by atoms with E-state index in [0.717, 1.165) is 29.0 Å². The molecule has 0 aliphatic carbocycles. The number of imidazole rings is 1. The summed E-state index contributed by atoms with van der Waals surface area (Å²) in [6.07, 6.45) is 8.74. The molecular weight excluding hydrogens is 417 g/mol. The topological polar surface area (TPSA) is 47.8 Å². The van der Waals surface area contributed by atoms with Gasteiger partial charge in [0, 0.05) is 41.7 Å². The fourth-order valence-corrected chi connectivity index (χ4v) is 4.28. The van der Waals surface area contributed by atoms with Crippen LogP contribution >= 0.6 is 23.2 Å². The predicted molar refractivity (Wildman–Crippen MR) is 125 cm³/mol. The fourth-order valence-electron chi connectivity index (χ4n) is 3.75. The summed E-state index contributed by atoms with van der Waals surface area (Å²) < 4.78 is 1.93. The molecule has 4 nitrogen and oxygen atoms in total. The quantitative estimate of drug-likeness (QED) is 0.248. The Bertz CT molecular complexity index is 1010. The van der Waals surface area contributed by atoms with Crippen LogP contribution in [0.25, 0.3) is 11.2 Å². The lowest BCUT2D eigenvalue weighted by molar-refractivity contribution is 0.0962. The molecule has 0 saturated heterocycles. The molecule has 30 heavy (non-hydrogen) atoms. The average molecular weight is 446 g/mol. The van der Waals surface area contributed by atoms with Crippen molar-refractivity contribution in [3.05, 3.63) is 57.5 Å². The largest absolute Gasteiger partial charge is 0.316 e. The highest BCUT2D eigenvalue weighted by Gasteiger charge is 2.17. The maximum absolute atomic E-state index is 12.8. The SMILES string of the molecule is CCCCCC[C@H](C)CC(=O)c1cnc2c(c1)nc(Cc1c(Cl)cccc1Cl)n2C. The standard InChI is InChI=1S/C24H29Cl2N3O/c1-4-5-6-7-9-16(2)12-22(30)17-13-21-24(27-15-17)29(3)23(28-21)14-18-19(25)10-8-11-20(18)26/h8,10-11,13,15-16H,4-7,9,12,14H2,1-3H3/t16-/m0/s1. The van der Waals surface area contributed by atoms with E-state index in [9.17, 15) is 4.79 Å². The number of pyridine rings is 1. The monoisotopic (exact) mass is 445 g/mol. The second-order valence-electron chi connectivity index (χ2n) is 8.11. The van der Waals surface area contributed by atoms with Gasteiger partial charge in [0.15, 0.2) is 11.4 Å². The zero-order valence-corrected chi connectivity index (χ0v) is 19.4. The van der Waals surface area contributed by atoms with Crippen LogP contribution < -0.4 is 0 Å². The summed E-state index contributed by atoms with van der Waals surface area (Å²) >= 11 is 12.6. The Kier molecular flexibility index (Phi) is 7.90. The van der Waals surface area contributed by atoms with Crippen LogP contribution in [0.2, 0.25) is 10.0 Å². The molecule has 0 unspecified atom stereocenters. The van der Waals surface area contributed by atoms with E-state index in [1.165, 1.54) is 25.7 Å². The molecule has 0 aliphatic rings. The highest BCUT2D eigenvalue weighted by Crippen LogP contribution is 2.27. The molecular formula is C24H29Cl2N3O. The first-order chi connectivity index (χ1) is 14.4. The number of fused-ring (bicyclic) bond motifs is 1. The number of Topliss-reactive ketones (excluding diaryl/α,β-unsaturated/α-hetero) is 1. The van der Waals surface area contributed by atoms with Crippen LogP contribution in [0, 0.1) is 5.92 Å². The Hall–Kier alpha value is -1.91. The Balaban J connectivity index is 1.74. The van der Waals surface area contributed by atoms with Crippen LogP contribution in [-0.4, -0.2) is 20.3 Å². The van der Waals surface area contributed by atoms with Crippen molar-refractivity contribution in [3.63, 3.8) is 0 Å². The van der Waals surface area contributed by atoms with Gasteiger partial charge in [0.05, 0.1) is 0 Å². The van der Waals surface area contributed by atoms with Gasteiger partial charge in [0.1, 0.15) is 11.3 Å². The molecule has 0 fully saturated rings. The van der Waals surface area contributed by atoms with Gasteiger partial charge in [0.2, 0.25) is 0 Å². The van der Waals surface area contributed by atoms with Gasteiger partial charge in [-0.25, -0.2) is 9.97 Å². The number of ketones is 1. The van der Waals surface area contributed by atoms with Crippen molar-refractivity contribution in [1.82, 2.24) is 14.5 Å². The summed E-state index contributed by atoms with van der Waals surface area (Å²) in [5.74, 6) is 1.32. The number of carbonyl (C=O) groups is 1. The lowest BCUT2D eigenvalue weighted by Gasteiger charge is -2.10. The third-order valence-corrected chi connectivity index (χ3v) is 6.31. The van der Waals surface area contributed by atoms with Gasteiger partial charge in [-0.15, -0.1) is 0 Å². The summed E-state index contributed by atoms with van der Waals surface area (Å²) in [4.78, 5) is 22.0. The van der Waals surface area contributed by atoms with Crippen molar-refractivity contribution < 1.29 is 4.79 Å². The first-order valence-corrected chi connectivity index (χ1v) is 11.4. The molecule has 2 heterocycles. The van der Waals surface area contributed by atoms with E-state index in [1.807, 2.05) is 35.9 Å². The lowest BCUT2D eigenvalue weighted by Crippen LogP contribution is -2.07. The first kappa shape index (κ1) is 22.8. The van der Waals surface area contributed by atoms with Gasteiger partial charge in [0.25, 0.3) is 0 Å². The van der Waals surface area contributed by atoms with Crippen molar-refractivity contribution >= 4 is 40.1 Å². The Morgan fingerprint density at radius 2 is 1.90 bits per heavy atom. The van der Waals surface area contributed by atoms with E-state index in [-0.39, 0.29) is 5.78 Å². The van der Waals surface area contributed by atoms with Crippen molar-refractivity contribution in [3.8, 4) is 0 Å². The summed E-state index contributed by atoms with van der Waals surface area (Å²) in [5.41, 5.74) is 2.94. The van der Waals surface area contributed by atoms with Crippen LogP contribution in [0.4, 0.5) is 0 Å². The Morgan fingerprint density at radius 1 is 1.17 bits per heavy atom. The first-order valence-electron chi connectivity index (χ1n) is 10.7. The minimum Gasteiger partial charge on any atom is -0.316 e. The molecule has 3 rings (SSSR count). The number of aromatic nitrogens is 3. The molecule has 1 aromatic carbocycles. The molecule has 160 valence electrons. The molecule has 2 aromatic heterocycles. The Morgan fingerprint density at radius 3 is 2.60 bits per heavy atom. The predicted octanol–water partition coefficient (Wildman–Crippen LogP) is 7.05. The molecule has 0 bridgehead atoms. The third kappa shape index (κ3) is 5.41. The van der Waals surface area contributed by atoms with Gasteiger partial charge < -0.3 is 4.57 Å². The van der Waals surface area contributed by atoms with Gasteiger partial charge in [-0.1, -0.05) is 75.2 Å². The zero-order chi connectivity index (χ0) is 21.7. The number of aryl methyl sites for hydroxylation is 1. The van der Waals surface area contributed by atoms with E-state index in [0.29, 0.717) is 34.4 Å². The van der Waals surface area contributed by atoms with Crippen LogP contribution in [0.5, 0.6) is 0 Å². The maximum atomic E-state index is 12.8.